The third-order valence-corrected chi connectivity index (χ3v) is 3.97. The van der Waals surface area contributed by atoms with Crippen LogP contribution in [0.3, 0.4) is 0 Å². The lowest BCUT2D eigenvalue weighted by molar-refractivity contribution is -0.134. The summed E-state index contributed by atoms with van der Waals surface area (Å²) in [5.74, 6) is 0.213. The summed E-state index contributed by atoms with van der Waals surface area (Å²) >= 11 is 0. The van der Waals surface area contributed by atoms with Crippen LogP contribution >= 0.6 is 0 Å². The Kier molecular flexibility index (Phi) is 3.32. The molecule has 0 bridgehead atoms. The Hall–Kier alpha value is -2.09. The first kappa shape index (κ1) is 13.9. The third-order valence-electron chi connectivity index (χ3n) is 3.97. The highest BCUT2D eigenvalue weighted by Crippen LogP contribution is 2.56. The lowest BCUT2D eigenvalue weighted by atomic mass is 9.95. The molecule has 3 rings (SSSR count). The van der Waals surface area contributed by atoms with Gasteiger partial charge in [0.15, 0.2) is 0 Å². The Morgan fingerprint density at radius 2 is 1.19 bits per heavy atom. The van der Waals surface area contributed by atoms with Crippen LogP contribution in [0, 0.1) is 5.41 Å². The largest absolute Gasteiger partial charge is 0.323 e. The number of carbonyl (C=O) groups is 1. The van der Waals surface area contributed by atoms with Gasteiger partial charge in [-0.1, -0.05) is 81.4 Å². The average Bonchev–Trinajstić information content (AvgIpc) is 3.22. The monoisotopic (exact) mass is 279 g/mol. The molecular weight excluding hydrogens is 258 g/mol. The van der Waals surface area contributed by atoms with Gasteiger partial charge in [-0.15, -0.1) is 0 Å². The molecule has 0 aromatic heterocycles. The summed E-state index contributed by atoms with van der Waals surface area (Å²) in [6, 6.07) is 20.9. The molecule has 0 aliphatic carbocycles. The van der Waals surface area contributed by atoms with E-state index >= 15 is 0 Å². The number of carbonyl (C=O) groups excluding carboxylic acids is 1. The predicted octanol–water partition coefficient (Wildman–Crippen LogP) is 4.36. The van der Waals surface area contributed by atoms with Crippen LogP contribution in [0.2, 0.25) is 0 Å². The van der Waals surface area contributed by atoms with Gasteiger partial charge in [-0.2, -0.15) is 0 Å². The highest BCUT2D eigenvalue weighted by atomic mass is 16.2. The van der Waals surface area contributed by atoms with E-state index in [9.17, 15) is 4.79 Å². The molecule has 1 heterocycles. The molecule has 1 amide bonds. The second-order valence-electron chi connectivity index (χ2n) is 6.67. The number of hydrogen-bond acceptors (Lipinski definition) is 1. The Bertz CT molecular complexity index is 582. The second-order valence-corrected chi connectivity index (χ2v) is 6.67. The van der Waals surface area contributed by atoms with Gasteiger partial charge in [-0.05, 0) is 11.1 Å². The van der Waals surface area contributed by atoms with Gasteiger partial charge >= 0.3 is 0 Å². The summed E-state index contributed by atoms with van der Waals surface area (Å²) in [7, 11) is 0. The molecule has 1 aliphatic rings. The van der Waals surface area contributed by atoms with Crippen molar-refractivity contribution in [3.05, 3.63) is 71.8 Å². The predicted molar refractivity (Wildman–Crippen MR) is 84.7 cm³/mol. The Morgan fingerprint density at radius 1 is 0.810 bits per heavy atom. The van der Waals surface area contributed by atoms with Crippen LogP contribution < -0.4 is 0 Å². The minimum atomic E-state index is -0.351. The summed E-state index contributed by atoms with van der Waals surface area (Å²) in [4.78, 5) is 14.7. The van der Waals surface area contributed by atoms with Crippen molar-refractivity contribution in [3.63, 3.8) is 0 Å². The lowest BCUT2D eigenvalue weighted by Crippen LogP contribution is -2.28. The fraction of sp³-hybridized carbons (Fsp3) is 0.316. The molecule has 1 fully saturated rings. The molecule has 0 saturated carbocycles. The number of nitrogens with zero attached hydrogens (tertiary/aromatic N) is 1. The van der Waals surface area contributed by atoms with Crippen LogP contribution in [0.5, 0.6) is 0 Å². The van der Waals surface area contributed by atoms with Crippen molar-refractivity contribution in [2.24, 2.45) is 5.41 Å². The zero-order valence-corrected chi connectivity index (χ0v) is 12.8. The molecule has 0 radical (unpaired) electrons. The van der Waals surface area contributed by atoms with Crippen molar-refractivity contribution < 1.29 is 4.79 Å². The van der Waals surface area contributed by atoms with E-state index in [0.717, 1.165) is 0 Å². The van der Waals surface area contributed by atoms with Crippen LogP contribution in [0.25, 0.3) is 0 Å². The maximum atomic E-state index is 12.7. The fourth-order valence-electron chi connectivity index (χ4n) is 2.86. The van der Waals surface area contributed by atoms with Crippen LogP contribution in [0.4, 0.5) is 0 Å². The summed E-state index contributed by atoms with van der Waals surface area (Å²) in [6.45, 7) is 5.95. The van der Waals surface area contributed by atoms with Crippen molar-refractivity contribution in [1.82, 2.24) is 4.90 Å². The molecular formula is C19H21NO. The summed E-state index contributed by atoms with van der Waals surface area (Å²) in [5.41, 5.74) is 2.07. The van der Waals surface area contributed by atoms with Crippen LogP contribution in [0.1, 0.15) is 44.0 Å². The van der Waals surface area contributed by atoms with Gasteiger partial charge < -0.3 is 4.90 Å². The maximum Gasteiger partial charge on any atom is 0.229 e. The fourth-order valence-corrected chi connectivity index (χ4v) is 2.86. The molecule has 1 saturated heterocycles. The Labute approximate surface area is 126 Å². The topological polar surface area (TPSA) is 20.1 Å². The summed E-state index contributed by atoms with van der Waals surface area (Å²) in [6.07, 6.45) is 0. The first-order valence-corrected chi connectivity index (χ1v) is 7.43. The van der Waals surface area contributed by atoms with E-state index in [0.29, 0.717) is 0 Å². The molecule has 2 heteroatoms. The summed E-state index contributed by atoms with van der Waals surface area (Å²) in [5, 5.41) is 0. The van der Waals surface area contributed by atoms with Gasteiger partial charge in [-0.3, -0.25) is 4.79 Å². The van der Waals surface area contributed by atoms with E-state index in [2.05, 4.69) is 24.3 Å². The Morgan fingerprint density at radius 3 is 1.52 bits per heavy atom. The molecule has 2 aromatic rings. The quantitative estimate of drug-likeness (QED) is 0.748. The van der Waals surface area contributed by atoms with E-state index in [1.54, 1.807) is 0 Å². The van der Waals surface area contributed by atoms with E-state index in [1.807, 2.05) is 62.1 Å². The van der Waals surface area contributed by atoms with Crippen molar-refractivity contribution in [2.45, 2.75) is 32.9 Å². The number of rotatable bonds is 2. The molecule has 0 N–H and O–H groups in total. The van der Waals surface area contributed by atoms with E-state index in [1.165, 1.54) is 11.1 Å². The van der Waals surface area contributed by atoms with E-state index < -0.39 is 0 Å². The summed E-state index contributed by atoms with van der Waals surface area (Å²) < 4.78 is 0. The van der Waals surface area contributed by atoms with Crippen LogP contribution in [-0.4, -0.2) is 10.8 Å². The van der Waals surface area contributed by atoms with Crippen molar-refractivity contribution in [2.75, 3.05) is 0 Å². The normalized spacial score (nSPS) is 21.2. The van der Waals surface area contributed by atoms with Crippen LogP contribution in [-0.2, 0) is 4.79 Å². The SMILES string of the molecule is CC(C)(C)C(=O)N1[C@H](c2ccccc2)[C@H]1c1ccccc1. The number of benzene rings is 2. The maximum absolute atomic E-state index is 12.7. The lowest BCUT2D eigenvalue weighted by Gasteiger charge is -2.18. The highest BCUT2D eigenvalue weighted by Gasteiger charge is 2.54. The van der Waals surface area contributed by atoms with Gasteiger partial charge in [0, 0.05) is 5.41 Å². The van der Waals surface area contributed by atoms with Gasteiger partial charge in [0.2, 0.25) is 5.91 Å². The third kappa shape index (κ3) is 2.58. The number of amides is 1. The molecule has 108 valence electrons. The average molecular weight is 279 g/mol. The Balaban J connectivity index is 1.95. The molecule has 0 spiro atoms. The van der Waals surface area contributed by atoms with Crippen molar-refractivity contribution >= 4 is 5.91 Å². The number of hydrogen-bond donors (Lipinski definition) is 0. The van der Waals surface area contributed by atoms with E-state index in [4.69, 9.17) is 0 Å². The van der Waals surface area contributed by atoms with Crippen molar-refractivity contribution in [3.8, 4) is 0 Å². The van der Waals surface area contributed by atoms with Gasteiger partial charge in [0.05, 0.1) is 12.1 Å². The van der Waals surface area contributed by atoms with Gasteiger partial charge in [-0.25, -0.2) is 0 Å². The first-order chi connectivity index (χ1) is 10.00. The van der Waals surface area contributed by atoms with Gasteiger partial charge in [0.1, 0.15) is 0 Å². The minimum absolute atomic E-state index is 0.167. The molecule has 21 heavy (non-hydrogen) atoms. The molecule has 0 unspecified atom stereocenters. The zero-order valence-electron chi connectivity index (χ0n) is 12.8. The smallest absolute Gasteiger partial charge is 0.229 e. The minimum Gasteiger partial charge on any atom is -0.323 e. The van der Waals surface area contributed by atoms with Gasteiger partial charge in [0.25, 0.3) is 0 Å². The molecule has 2 atom stereocenters. The van der Waals surface area contributed by atoms with Crippen molar-refractivity contribution in [1.29, 1.82) is 0 Å². The standard InChI is InChI=1S/C19H21NO/c1-19(2,3)18(21)20-16(14-10-6-4-7-11-14)17(20)15-12-8-5-9-13-15/h4-13,16-17H,1-3H3/t16-,17-/m1/s1. The second kappa shape index (κ2) is 5.03. The molecule has 1 aliphatic heterocycles. The molecule has 2 aromatic carbocycles. The highest BCUT2D eigenvalue weighted by molar-refractivity contribution is 5.85. The van der Waals surface area contributed by atoms with Crippen LogP contribution in [0.15, 0.2) is 60.7 Å². The first-order valence-electron chi connectivity index (χ1n) is 7.43. The molecule has 2 nitrogen and oxygen atoms in total. The van der Waals surface area contributed by atoms with E-state index in [-0.39, 0.29) is 23.4 Å². The zero-order chi connectivity index (χ0) is 15.0.